The molecule has 1 saturated heterocycles. The molecule has 1 saturated carbocycles. The van der Waals surface area contributed by atoms with Gasteiger partial charge in [0.2, 0.25) is 21.9 Å². The molecule has 1 amide bonds. The van der Waals surface area contributed by atoms with E-state index in [0.717, 1.165) is 10.6 Å². The number of aliphatic carboxylic acids is 1. The molecule has 0 spiro atoms. The van der Waals surface area contributed by atoms with E-state index in [-0.39, 0.29) is 51.3 Å². The Morgan fingerprint density at radius 1 is 1.31 bits per heavy atom. The molecule has 2 aliphatic rings. The smallest absolute Gasteiger partial charge is 0.318 e. The summed E-state index contributed by atoms with van der Waals surface area (Å²) in [7, 11) is -3.74. The Labute approximate surface area is 151 Å². The summed E-state index contributed by atoms with van der Waals surface area (Å²) in [6.45, 7) is -0.274. The van der Waals surface area contributed by atoms with E-state index in [1.165, 1.54) is 4.90 Å². The summed E-state index contributed by atoms with van der Waals surface area (Å²) in [5.74, 6) is -4.68. The molecule has 26 heavy (non-hydrogen) atoms. The second-order valence-corrected chi connectivity index (χ2v) is 8.84. The van der Waals surface area contributed by atoms with Crippen molar-refractivity contribution in [1.29, 1.82) is 0 Å². The molecule has 0 aromatic rings. The molecule has 11 heteroatoms. The quantitative estimate of drug-likeness (QED) is 0.694. The van der Waals surface area contributed by atoms with Crippen LogP contribution in [0.2, 0.25) is 0 Å². The minimum atomic E-state index is -3.74. The summed E-state index contributed by atoms with van der Waals surface area (Å²) in [5.41, 5.74) is 0. The van der Waals surface area contributed by atoms with Crippen molar-refractivity contribution in [3.8, 4) is 0 Å². The van der Waals surface area contributed by atoms with Gasteiger partial charge in [0, 0.05) is 38.4 Å². The summed E-state index contributed by atoms with van der Waals surface area (Å²) < 4.78 is 56.2. The second-order valence-electron chi connectivity index (χ2n) is 6.86. The van der Waals surface area contributed by atoms with Crippen LogP contribution in [0.1, 0.15) is 25.7 Å². The Hall–Kier alpha value is -1.33. The maximum Gasteiger partial charge on any atom is 0.318 e. The third kappa shape index (κ3) is 5.85. The van der Waals surface area contributed by atoms with Crippen LogP contribution in [0.5, 0.6) is 0 Å². The molecule has 1 N–H and O–H groups in total. The highest BCUT2D eigenvalue weighted by Crippen LogP contribution is 2.37. The van der Waals surface area contributed by atoms with Gasteiger partial charge in [-0.3, -0.25) is 9.59 Å². The molecule has 1 aliphatic carbocycles. The first-order chi connectivity index (χ1) is 12.0. The summed E-state index contributed by atoms with van der Waals surface area (Å²) >= 11 is 0. The van der Waals surface area contributed by atoms with Gasteiger partial charge in [-0.25, -0.2) is 17.2 Å². The number of amides is 1. The van der Waals surface area contributed by atoms with E-state index in [4.69, 9.17) is 9.84 Å². The van der Waals surface area contributed by atoms with Crippen molar-refractivity contribution in [2.45, 2.75) is 37.7 Å². The van der Waals surface area contributed by atoms with Gasteiger partial charge in [0.1, 0.15) is 6.54 Å². The first-order valence-corrected chi connectivity index (χ1v) is 10.3. The van der Waals surface area contributed by atoms with E-state index < -0.39 is 40.5 Å². The van der Waals surface area contributed by atoms with Crippen LogP contribution in [-0.2, 0) is 24.3 Å². The molecule has 0 aromatic heterocycles. The molecule has 2 rings (SSSR count). The Morgan fingerprint density at radius 3 is 2.46 bits per heavy atom. The Kier molecular flexibility index (Phi) is 6.56. The lowest BCUT2D eigenvalue weighted by Crippen LogP contribution is -2.52. The standard InChI is InChI=1S/C15H24F2N2O6S/c1-26(23,24)19(10-13(20)21)9-12-8-18(6-7-25-12)14(22)11-2-4-15(16,17)5-3-11/h11-12H,2-10H2,1H3,(H,20,21). The highest BCUT2D eigenvalue weighted by Gasteiger charge is 2.39. The summed E-state index contributed by atoms with van der Waals surface area (Å²) in [6.07, 6.45) is -0.115. The van der Waals surface area contributed by atoms with E-state index in [2.05, 4.69) is 0 Å². The predicted molar refractivity (Wildman–Crippen MR) is 87.3 cm³/mol. The van der Waals surface area contributed by atoms with Crippen LogP contribution in [0.3, 0.4) is 0 Å². The topological polar surface area (TPSA) is 104 Å². The lowest BCUT2D eigenvalue weighted by atomic mass is 9.85. The van der Waals surface area contributed by atoms with Crippen molar-refractivity contribution in [3.05, 3.63) is 0 Å². The number of alkyl halides is 2. The van der Waals surface area contributed by atoms with Crippen LogP contribution in [0.4, 0.5) is 8.78 Å². The molecule has 1 atom stereocenters. The molecule has 2 fully saturated rings. The van der Waals surface area contributed by atoms with Gasteiger partial charge < -0.3 is 14.7 Å². The van der Waals surface area contributed by atoms with Gasteiger partial charge in [-0.1, -0.05) is 0 Å². The molecule has 0 bridgehead atoms. The first kappa shape index (κ1) is 21.0. The van der Waals surface area contributed by atoms with Crippen molar-refractivity contribution < 1.29 is 36.6 Å². The Morgan fingerprint density at radius 2 is 1.92 bits per heavy atom. The molecular formula is C15H24F2N2O6S. The van der Waals surface area contributed by atoms with Crippen LogP contribution in [0.15, 0.2) is 0 Å². The van der Waals surface area contributed by atoms with Gasteiger partial charge in [0.05, 0.1) is 19.0 Å². The van der Waals surface area contributed by atoms with Crippen molar-refractivity contribution >= 4 is 21.9 Å². The van der Waals surface area contributed by atoms with Crippen molar-refractivity contribution in [3.63, 3.8) is 0 Å². The fraction of sp³-hybridized carbons (Fsp3) is 0.867. The molecule has 0 aromatic carbocycles. The van der Waals surface area contributed by atoms with E-state index in [1.54, 1.807) is 0 Å². The number of carbonyl (C=O) groups is 2. The van der Waals surface area contributed by atoms with Gasteiger partial charge in [-0.15, -0.1) is 0 Å². The lowest BCUT2D eigenvalue weighted by Gasteiger charge is -2.37. The number of carboxylic acids is 1. The predicted octanol–water partition coefficient (Wildman–Crippen LogP) is 0.386. The second kappa shape index (κ2) is 8.13. The lowest BCUT2D eigenvalue weighted by molar-refractivity contribution is -0.148. The van der Waals surface area contributed by atoms with Crippen LogP contribution in [0.25, 0.3) is 0 Å². The summed E-state index contributed by atoms with van der Waals surface area (Å²) in [4.78, 5) is 24.9. The Bertz CT molecular complexity index is 632. The number of carboxylic acid groups (broad SMARTS) is 1. The van der Waals surface area contributed by atoms with E-state index in [9.17, 15) is 26.8 Å². The van der Waals surface area contributed by atoms with Crippen LogP contribution in [0, 0.1) is 5.92 Å². The van der Waals surface area contributed by atoms with Crippen molar-refractivity contribution in [2.24, 2.45) is 5.92 Å². The summed E-state index contributed by atoms with van der Waals surface area (Å²) in [5, 5.41) is 8.86. The maximum atomic E-state index is 13.2. The summed E-state index contributed by atoms with van der Waals surface area (Å²) in [6, 6.07) is 0. The highest BCUT2D eigenvalue weighted by atomic mass is 32.2. The average molecular weight is 398 g/mol. The molecule has 1 unspecified atom stereocenters. The zero-order valence-corrected chi connectivity index (χ0v) is 15.4. The number of halogens is 2. The minimum absolute atomic E-state index is 0.108. The maximum absolute atomic E-state index is 13.2. The fourth-order valence-corrected chi connectivity index (χ4v) is 4.05. The normalized spacial score (nSPS) is 24.6. The highest BCUT2D eigenvalue weighted by molar-refractivity contribution is 7.88. The minimum Gasteiger partial charge on any atom is -0.480 e. The number of morpholine rings is 1. The van der Waals surface area contributed by atoms with Gasteiger partial charge >= 0.3 is 5.97 Å². The number of hydrogen-bond donors (Lipinski definition) is 1. The van der Waals surface area contributed by atoms with Crippen molar-refractivity contribution in [1.82, 2.24) is 9.21 Å². The van der Waals surface area contributed by atoms with E-state index in [0.29, 0.717) is 6.54 Å². The number of ether oxygens (including phenoxy) is 1. The molecule has 150 valence electrons. The Balaban J connectivity index is 1.95. The number of nitrogens with zero attached hydrogens (tertiary/aromatic N) is 2. The third-order valence-corrected chi connectivity index (χ3v) is 5.92. The monoisotopic (exact) mass is 398 g/mol. The van der Waals surface area contributed by atoms with Crippen LogP contribution in [-0.4, -0.2) is 85.7 Å². The molecule has 1 heterocycles. The number of sulfonamides is 1. The zero-order chi connectivity index (χ0) is 19.5. The third-order valence-electron chi connectivity index (χ3n) is 4.70. The van der Waals surface area contributed by atoms with Crippen LogP contribution < -0.4 is 0 Å². The number of carbonyl (C=O) groups excluding carboxylic acids is 1. The first-order valence-electron chi connectivity index (χ1n) is 8.43. The van der Waals surface area contributed by atoms with E-state index >= 15 is 0 Å². The van der Waals surface area contributed by atoms with Crippen molar-refractivity contribution in [2.75, 3.05) is 39.0 Å². The number of rotatable bonds is 6. The van der Waals surface area contributed by atoms with Gasteiger partial charge in [0.15, 0.2) is 0 Å². The molecule has 8 nitrogen and oxygen atoms in total. The molecule has 0 radical (unpaired) electrons. The van der Waals surface area contributed by atoms with Gasteiger partial charge in [0.25, 0.3) is 0 Å². The number of hydrogen-bond acceptors (Lipinski definition) is 5. The van der Waals surface area contributed by atoms with E-state index in [1.807, 2.05) is 0 Å². The van der Waals surface area contributed by atoms with Crippen LogP contribution >= 0.6 is 0 Å². The van der Waals surface area contributed by atoms with Gasteiger partial charge in [-0.2, -0.15) is 4.31 Å². The molecule has 1 aliphatic heterocycles. The largest absolute Gasteiger partial charge is 0.480 e. The SMILES string of the molecule is CS(=O)(=O)N(CC(=O)O)CC1CN(C(=O)C2CCC(F)(F)CC2)CCO1. The fourth-order valence-electron chi connectivity index (χ4n) is 3.27. The van der Waals surface area contributed by atoms with Gasteiger partial charge in [-0.05, 0) is 12.8 Å². The molecular weight excluding hydrogens is 374 g/mol. The average Bonchev–Trinajstić information content (AvgIpc) is 2.52. The zero-order valence-electron chi connectivity index (χ0n) is 14.6.